The molecule has 1 fully saturated rings. The van der Waals surface area contributed by atoms with Crippen LogP contribution in [0.25, 0.3) is 22.8 Å². The van der Waals surface area contributed by atoms with Crippen LogP contribution in [0.3, 0.4) is 0 Å². The lowest BCUT2D eigenvalue weighted by molar-refractivity contribution is 0.0974. The fraction of sp³-hybridized carbons (Fsp3) is 0.250. The summed E-state index contributed by atoms with van der Waals surface area (Å²) in [5.74, 6) is 1.16. The van der Waals surface area contributed by atoms with Gasteiger partial charge in [-0.05, 0) is 69.2 Å². The Bertz CT molecular complexity index is 1380. The van der Waals surface area contributed by atoms with Crippen LogP contribution in [-0.4, -0.2) is 22.1 Å². The summed E-state index contributed by atoms with van der Waals surface area (Å²) in [5, 5.41) is 4.27. The minimum absolute atomic E-state index is 0.0955. The maximum Gasteiger partial charge on any atom is 0.259 e. The third kappa shape index (κ3) is 3.72. The molecule has 0 saturated heterocycles. The standard InChI is InChI=1S/C28H25N3O2S/c1-17-13-18(2)15-20(14-17)27-29-26(30-33-27)19-11-12-23-25(16-19)34-24-10-6-5-9-22(24)28(32)31(23)21-7-3-4-8-21/h5-6,9-16,21H,3-4,7-8H2,1-2H3. The van der Waals surface area contributed by atoms with E-state index in [2.05, 4.69) is 43.3 Å². The van der Waals surface area contributed by atoms with Gasteiger partial charge in [0.25, 0.3) is 11.8 Å². The molecule has 6 rings (SSSR count). The van der Waals surface area contributed by atoms with Crippen molar-refractivity contribution in [1.82, 2.24) is 10.1 Å². The number of benzene rings is 3. The molecule has 0 radical (unpaired) electrons. The first-order valence-corrected chi connectivity index (χ1v) is 12.6. The third-order valence-corrected chi connectivity index (χ3v) is 7.74. The number of hydrogen-bond donors (Lipinski definition) is 0. The number of anilines is 1. The van der Waals surface area contributed by atoms with Crippen LogP contribution >= 0.6 is 11.8 Å². The van der Waals surface area contributed by atoms with E-state index in [9.17, 15) is 4.79 Å². The molecular formula is C28H25N3O2S. The average Bonchev–Trinajstić information content (AvgIpc) is 3.51. The molecule has 1 saturated carbocycles. The molecule has 170 valence electrons. The molecule has 1 amide bonds. The van der Waals surface area contributed by atoms with Crippen LogP contribution in [0.15, 0.2) is 75.0 Å². The van der Waals surface area contributed by atoms with Crippen molar-refractivity contribution in [3.8, 4) is 22.8 Å². The van der Waals surface area contributed by atoms with Crippen molar-refractivity contribution in [2.24, 2.45) is 0 Å². The van der Waals surface area contributed by atoms with Crippen molar-refractivity contribution in [3.63, 3.8) is 0 Å². The summed E-state index contributed by atoms with van der Waals surface area (Å²) in [6.07, 6.45) is 4.43. The number of fused-ring (bicyclic) bond motifs is 2. The molecule has 4 aromatic rings. The Morgan fingerprint density at radius 3 is 2.47 bits per heavy atom. The molecule has 0 atom stereocenters. The Hall–Kier alpha value is -3.38. The van der Waals surface area contributed by atoms with Gasteiger partial charge in [-0.15, -0.1) is 0 Å². The van der Waals surface area contributed by atoms with E-state index in [-0.39, 0.29) is 11.9 Å². The fourth-order valence-corrected chi connectivity index (χ4v) is 6.21. The van der Waals surface area contributed by atoms with E-state index in [0.29, 0.717) is 11.7 Å². The van der Waals surface area contributed by atoms with Gasteiger partial charge in [0.15, 0.2) is 0 Å². The van der Waals surface area contributed by atoms with Crippen molar-refractivity contribution in [3.05, 3.63) is 77.4 Å². The minimum Gasteiger partial charge on any atom is -0.334 e. The molecule has 1 aliphatic heterocycles. The highest BCUT2D eigenvalue weighted by molar-refractivity contribution is 7.99. The summed E-state index contributed by atoms with van der Waals surface area (Å²) in [4.78, 5) is 22.4. The molecule has 1 aromatic heterocycles. The number of carbonyl (C=O) groups is 1. The van der Waals surface area contributed by atoms with Gasteiger partial charge >= 0.3 is 0 Å². The largest absolute Gasteiger partial charge is 0.334 e. The van der Waals surface area contributed by atoms with Crippen molar-refractivity contribution in [2.45, 2.75) is 55.4 Å². The summed E-state index contributed by atoms with van der Waals surface area (Å²) in [5.41, 5.74) is 5.86. The first-order valence-electron chi connectivity index (χ1n) is 11.7. The smallest absolute Gasteiger partial charge is 0.259 e. The summed E-state index contributed by atoms with van der Waals surface area (Å²) in [7, 11) is 0. The van der Waals surface area contributed by atoms with Crippen molar-refractivity contribution < 1.29 is 9.32 Å². The average molecular weight is 468 g/mol. The second kappa shape index (κ2) is 8.44. The zero-order valence-electron chi connectivity index (χ0n) is 19.2. The fourth-order valence-electron chi connectivity index (χ4n) is 5.11. The highest BCUT2D eigenvalue weighted by Gasteiger charge is 2.34. The van der Waals surface area contributed by atoms with Crippen LogP contribution in [0, 0.1) is 13.8 Å². The van der Waals surface area contributed by atoms with Gasteiger partial charge in [0.2, 0.25) is 5.82 Å². The molecular weight excluding hydrogens is 442 g/mol. The Balaban J connectivity index is 1.42. The van der Waals surface area contributed by atoms with Crippen LogP contribution in [0.4, 0.5) is 5.69 Å². The molecule has 5 nitrogen and oxygen atoms in total. The molecule has 2 heterocycles. The molecule has 1 aliphatic carbocycles. The normalized spacial score (nSPS) is 15.8. The molecule has 0 N–H and O–H groups in total. The number of amides is 1. The first kappa shape index (κ1) is 21.2. The Morgan fingerprint density at radius 1 is 0.912 bits per heavy atom. The number of hydrogen-bond acceptors (Lipinski definition) is 5. The minimum atomic E-state index is 0.0955. The molecule has 3 aromatic carbocycles. The Kier molecular flexibility index (Phi) is 5.26. The van der Waals surface area contributed by atoms with E-state index in [1.807, 2.05) is 41.3 Å². The van der Waals surface area contributed by atoms with Crippen LogP contribution < -0.4 is 4.90 Å². The number of aryl methyl sites for hydroxylation is 2. The van der Waals surface area contributed by atoms with Gasteiger partial charge in [-0.25, -0.2) is 0 Å². The maximum atomic E-state index is 13.6. The molecule has 0 bridgehead atoms. The van der Waals surface area contributed by atoms with Gasteiger partial charge < -0.3 is 9.42 Å². The van der Waals surface area contributed by atoms with Gasteiger partial charge in [0, 0.05) is 27.0 Å². The second-order valence-corrected chi connectivity index (χ2v) is 10.3. The molecule has 2 aliphatic rings. The van der Waals surface area contributed by atoms with Gasteiger partial charge in [0.1, 0.15) is 0 Å². The summed E-state index contributed by atoms with van der Waals surface area (Å²) >= 11 is 1.64. The Morgan fingerprint density at radius 2 is 1.68 bits per heavy atom. The molecule has 0 spiro atoms. The second-order valence-electron chi connectivity index (χ2n) is 9.19. The quantitative estimate of drug-likeness (QED) is 0.322. The number of carbonyl (C=O) groups excluding carboxylic acids is 1. The third-order valence-electron chi connectivity index (χ3n) is 6.62. The predicted octanol–water partition coefficient (Wildman–Crippen LogP) is 7.07. The van der Waals surface area contributed by atoms with E-state index in [0.717, 1.165) is 56.1 Å². The van der Waals surface area contributed by atoms with E-state index in [1.54, 1.807) is 11.8 Å². The van der Waals surface area contributed by atoms with Crippen LogP contribution in [0.1, 0.15) is 47.2 Å². The van der Waals surface area contributed by atoms with Crippen LogP contribution in [0.2, 0.25) is 0 Å². The van der Waals surface area contributed by atoms with Crippen molar-refractivity contribution in [2.75, 3.05) is 4.90 Å². The molecule has 34 heavy (non-hydrogen) atoms. The van der Waals surface area contributed by atoms with Crippen LogP contribution in [0.5, 0.6) is 0 Å². The molecule has 6 heteroatoms. The zero-order chi connectivity index (χ0) is 23.2. The van der Waals surface area contributed by atoms with Crippen LogP contribution in [-0.2, 0) is 0 Å². The van der Waals surface area contributed by atoms with Gasteiger partial charge in [-0.2, -0.15) is 4.98 Å². The summed E-state index contributed by atoms with van der Waals surface area (Å²) in [6, 6.07) is 20.5. The zero-order valence-corrected chi connectivity index (χ0v) is 20.1. The number of nitrogens with zero attached hydrogens (tertiary/aromatic N) is 3. The van der Waals surface area contributed by atoms with Gasteiger partial charge in [-0.1, -0.05) is 59.1 Å². The van der Waals surface area contributed by atoms with E-state index >= 15 is 0 Å². The lowest BCUT2D eigenvalue weighted by Gasteiger charge is -2.29. The van der Waals surface area contributed by atoms with E-state index < -0.39 is 0 Å². The van der Waals surface area contributed by atoms with E-state index in [4.69, 9.17) is 9.51 Å². The van der Waals surface area contributed by atoms with Gasteiger partial charge in [-0.3, -0.25) is 4.79 Å². The van der Waals surface area contributed by atoms with Crippen molar-refractivity contribution >= 4 is 23.4 Å². The molecule has 0 unspecified atom stereocenters. The number of aromatic nitrogens is 2. The summed E-state index contributed by atoms with van der Waals surface area (Å²) in [6.45, 7) is 4.12. The predicted molar refractivity (Wildman–Crippen MR) is 134 cm³/mol. The topological polar surface area (TPSA) is 59.2 Å². The lowest BCUT2D eigenvalue weighted by atomic mass is 10.1. The van der Waals surface area contributed by atoms with Crippen molar-refractivity contribution in [1.29, 1.82) is 0 Å². The van der Waals surface area contributed by atoms with Gasteiger partial charge in [0.05, 0.1) is 11.3 Å². The summed E-state index contributed by atoms with van der Waals surface area (Å²) < 4.78 is 5.63. The maximum absolute atomic E-state index is 13.6. The monoisotopic (exact) mass is 467 g/mol. The number of rotatable bonds is 3. The van der Waals surface area contributed by atoms with E-state index in [1.165, 1.54) is 12.8 Å². The SMILES string of the molecule is Cc1cc(C)cc(-c2nc(-c3ccc4c(c3)Sc3ccccc3C(=O)N4C3CCCC3)no2)c1. The first-order chi connectivity index (χ1) is 16.6. The lowest BCUT2D eigenvalue weighted by Crippen LogP contribution is -2.39. The highest BCUT2D eigenvalue weighted by Crippen LogP contribution is 2.45. The Labute approximate surface area is 203 Å². The highest BCUT2D eigenvalue weighted by atomic mass is 32.2.